The van der Waals surface area contributed by atoms with Crippen LogP contribution in [0.15, 0.2) is 9.59 Å². The molecule has 0 saturated heterocycles. The maximum atomic E-state index is 11.9. The molecule has 17 heavy (non-hydrogen) atoms. The monoisotopic (exact) mass is 238 g/mol. The number of aromatic nitrogens is 4. The Labute approximate surface area is 94.1 Å². The summed E-state index contributed by atoms with van der Waals surface area (Å²) in [6.07, 6.45) is 0. The summed E-state index contributed by atoms with van der Waals surface area (Å²) in [5, 5.41) is 8.75. The van der Waals surface area contributed by atoms with Crippen LogP contribution in [0.5, 0.6) is 0 Å². The number of hydrogen-bond donors (Lipinski definition) is 2. The van der Waals surface area contributed by atoms with E-state index in [1.807, 2.05) is 0 Å². The summed E-state index contributed by atoms with van der Waals surface area (Å²) >= 11 is 0. The number of imidazole rings is 1. The van der Waals surface area contributed by atoms with Crippen LogP contribution in [-0.4, -0.2) is 30.2 Å². The van der Waals surface area contributed by atoms with E-state index in [0.29, 0.717) is 5.82 Å². The third-order valence-electron chi connectivity index (χ3n) is 2.49. The van der Waals surface area contributed by atoms with Crippen molar-refractivity contribution >= 4 is 17.1 Å². The molecule has 0 radical (unpaired) electrons. The first-order valence-corrected chi connectivity index (χ1v) is 4.79. The molecule has 0 unspecified atom stereocenters. The fourth-order valence-corrected chi connectivity index (χ4v) is 1.63. The number of aromatic amines is 1. The Balaban J connectivity index is 2.90. The van der Waals surface area contributed by atoms with Crippen LogP contribution in [0.1, 0.15) is 5.82 Å². The van der Waals surface area contributed by atoms with E-state index in [1.54, 1.807) is 6.92 Å². The molecule has 2 heterocycles. The highest BCUT2D eigenvalue weighted by Crippen LogP contribution is 2.07. The molecular formula is C9H10N4O4. The predicted molar refractivity (Wildman–Crippen MR) is 58.0 cm³/mol. The van der Waals surface area contributed by atoms with Gasteiger partial charge in [0.05, 0.1) is 0 Å². The predicted octanol–water partition coefficient (Wildman–Crippen LogP) is -1.18. The van der Waals surface area contributed by atoms with Gasteiger partial charge in [0.25, 0.3) is 5.56 Å². The number of H-pyrrole nitrogens is 1. The van der Waals surface area contributed by atoms with Crippen LogP contribution >= 0.6 is 0 Å². The van der Waals surface area contributed by atoms with Gasteiger partial charge in [0.2, 0.25) is 0 Å². The topological polar surface area (TPSA) is 110 Å². The Kier molecular flexibility index (Phi) is 2.34. The maximum absolute atomic E-state index is 11.9. The second-order valence-electron chi connectivity index (χ2n) is 3.63. The maximum Gasteiger partial charge on any atom is 0.329 e. The van der Waals surface area contributed by atoms with E-state index < -0.39 is 17.2 Å². The molecule has 0 aromatic carbocycles. The van der Waals surface area contributed by atoms with E-state index in [0.717, 1.165) is 4.57 Å². The first-order chi connectivity index (χ1) is 7.91. The van der Waals surface area contributed by atoms with Crippen LogP contribution < -0.4 is 11.2 Å². The molecule has 8 nitrogen and oxygen atoms in total. The zero-order chi connectivity index (χ0) is 12.7. The van der Waals surface area contributed by atoms with Gasteiger partial charge in [0.15, 0.2) is 11.2 Å². The summed E-state index contributed by atoms with van der Waals surface area (Å²) in [5.74, 6) is -0.720. The van der Waals surface area contributed by atoms with Crippen molar-refractivity contribution in [1.29, 1.82) is 0 Å². The Hall–Kier alpha value is -2.38. The van der Waals surface area contributed by atoms with Crippen LogP contribution in [0, 0.1) is 6.92 Å². The lowest BCUT2D eigenvalue weighted by Gasteiger charge is -2.02. The minimum Gasteiger partial charge on any atom is -0.480 e. The van der Waals surface area contributed by atoms with E-state index in [4.69, 9.17) is 5.11 Å². The second-order valence-corrected chi connectivity index (χ2v) is 3.63. The number of carboxylic acids is 1. The Morgan fingerprint density at radius 1 is 1.47 bits per heavy atom. The highest BCUT2D eigenvalue weighted by atomic mass is 16.4. The number of carbonyl (C=O) groups is 1. The molecule has 0 aliphatic carbocycles. The highest BCUT2D eigenvalue weighted by Gasteiger charge is 2.15. The second kappa shape index (κ2) is 3.58. The van der Waals surface area contributed by atoms with Crippen molar-refractivity contribution in [2.75, 3.05) is 0 Å². The van der Waals surface area contributed by atoms with Crippen molar-refractivity contribution in [3.8, 4) is 0 Å². The average molecular weight is 238 g/mol. The van der Waals surface area contributed by atoms with Crippen LogP contribution in [0.4, 0.5) is 0 Å². The summed E-state index contributed by atoms with van der Waals surface area (Å²) in [5.41, 5.74) is -0.947. The van der Waals surface area contributed by atoms with Gasteiger partial charge in [-0.2, -0.15) is 0 Å². The van der Waals surface area contributed by atoms with E-state index in [-0.39, 0.29) is 17.7 Å². The molecule has 0 aliphatic rings. The van der Waals surface area contributed by atoms with Gasteiger partial charge in [-0.05, 0) is 6.92 Å². The van der Waals surface area contributed by atoms with Crippen molar-refractivity contribution in [3.05, 3.63) is 26.7 Å². The molecule has 0 amide bonds. The summed E-state index contributed by atoms with van der Waals surface area (Å²) in [6, 6.07) is 0. The van der Waals surface area contributed by atoms with Gasteiger partial charge in [-0.3, -0.25) is 19.1 Å². The molecule has 2 N–H and O–H groups in total. The molecule has 0 spiro atoms. The van der Waals surface area contributed by atoms with Gasteiger partial charge >= 0.3 is 11.7 Å². The summed E-state index contributed by atoms with van der Waals surface area (Å²) in [7, 11) is 1.31. The molecule has 2 aromatic heterocycles. The molecule has 0 bridgehead atoms. The van der Waals surface area contributed by atoms with Gasteiger partial charge in [0.1, 0.15) is 12.4 Å². The molecule has 2 aromatic rings. The highest BCUT2D eigenvalue weighted by molar-refractivity contribution is 5.74. The Bertz CT molecular complexity index is 721. The summed E-state index contributed by atoms with van der Waals surface area (Å²) in [6.45, 7) is 1.20. The van der Waals surface area contributed by atoms with Crippen molar-refractivity contribution in [2.24, 2.45) is 7.05 Å². The van der Waals surface area contributed by atoms with Crippen molar-refractivity contribution in [3.63, 3.8) is 0 Å². The zero-order valence-corrected chi connectivity index (χ0v) is 9.22. The third-order valence-corrected chi connectivity index (χ3v) is 2.49. The number of nitrogens with one attached hydrogen (secondary N) is 1. The van der Waals surface area contributed by atoms with Crippen LogP contribution in [0.25, 0.3) is 11.2 Å². The summed E-state index contributed by atoms with van der Waals surface area (Å²) in [4.78, 5) is 40.3. The van der Waals surface area contributed by atoms with Gasteiger partial charge in [-0.15, -0.1) is 0 Å². The smallest absolute Gasteiger partial charge is 0.329 e. The number of rotatable bonds is 2. The number of aryl methyl sites for hydroxylation is 1. The lowest BCUT2D eigenvalue weighted by molar-refractivity contribution is -0.137. The van der Waals surface area contributed by atoms with Gasteiger partial charge in [-0.25, -0.2) is 9.78 Å². The average Bonchev–Trinajstić information content (AvgIpc) is 2.51. The molecule has 2 rings (SSSR count). The van der Waals surface area contributed by atoms with E-state index >= 15 is 0 Å². The number of aliphatic carboxylic acids is 1. The van der Waals surface area contributed by atoms with E-state index in [1.165, 1.54) is 11.6 Å². The first kappa shape index (κ1) is 11.1. The van der Waals surface area contributed by atoms with Crippen LogP contribution in [0.3, 0.4) is 0 Å². The summed E-state index contributed by atoms with van der Waals surface area (Å²) < 4.78 is 2.14. The fraction of sp³-hybridized carbons (Fsp3) is 0.333. The number of carboxylic acid groups (broad SMARTS) is 1. The minimum absolute atomic E-state index is 0.0898. The van der Waals surface area contributed by atoms with Crippen LogP contribution in [-0.2, 0) is 18.4 Å². The molecule has 0 saturated carbocycles. The van der Waals surface area contributed by atoms with Gasteiger partial charge < -0.3 is 9.67 Å². The molecule has 8 heteroatoms. The minimum atomic E-state index is -1.08. The van der Waals surface area contributed by atoms with E-state index in [2.05, 4.69) is 9.97 Å². The molecule has 0 fully saturated rings. The first-order valence-electron chi connectivity index (χ1n) is 4.79. The number of nitrogens with zero attached hydrogens (tertiary/aromatic N) is 3. The molecule has 0 aliphatic heterocycles. The molecule has 0 atom stereocenters. The molecule has 90 valence electrons. The fourth-order valence-electron chi connectivity index (χ4n) is 1.63. The number of hydrogen-bond acceptors (Lipinski definition) is 4. The Morgan fingerprint density at radius 3 is 2.71 bits per heavy atom. The normalized spacial score (nSPS) is 10.9. The third kappa shape index (κ3) is 1.63. The molecular weight excluding hydrogens is 228 g/mol. The lowest BCUT2D eigenvalue weighted by Crippen LogP contribution is -2.33. The van der Waals surface area contributed by atoms with Crippen molar-refractivity contribution in [2.45, 2.75) is 13.5 Å². The van der Waals surface area contributed by atoms with Crippen molar-refractivity contribution in [1.82, 2.24) is 19.1 Å². The zero-order valence-electron chi connectivity index (χ0n) is 9.22. The Morgan fingerprint density at radius 2 is 2.12 bits per heavy atom. The quantitative estimate of drug-likeness (QED) is 0.684. The standard InChI is InChI=1S/C9H10N4O4/c1-4-10-7-6(13(4)3-5(14)15)8(16)12(2)9(17)11-7/h3H2,1-2H3,(H,11,17)(H,14,15). The van der Waals surface area contributed by atoms with E-state index in [9.17, 15) is 14.4 Å². The van der Waals surface area contributed by atoms with Gasteiger partial charge in [0, 0.05) is 7.05 Å². The van der Waals surface area contributed by atoms with Crippen molar-refractivity contribution < 1.29 is 9.90 Å². The SMILES string of the molecule is Cc1nc2[nH]c(=O)n(C)c(=O)c2n1CC(=O)O. The largest absolute Gasteiger partial charge is 0.480 e. The lowest BCUT2D eigenvalue weighted by atomic mass is 10.5. The van der Waals surface area contributed by atoms with Gasteiger partial charge in [-0.1, -0.05) is 0 Å². The van der Waals surface area contributed by atoms with Crippen LogP contribution in [0.2, 0.25) is 0 Å². The number of fused-ring (bicyclic) bond motifs is 1.